The molecular formula is C11H23NO. The van der Waals surface area contributed by atoms with Crippen molar-refractivity contribution < 1.29 is 5.11 Å². The molecule has 0 spiro atoms. The smallest absolute Gasteiger partial charge is 0.0434 e. The van der Waals surface area contributed by atoms with E-state index in [1.54, 1.807) is 0 Å². The molecule has 1 aliphatic rings. The average Bonchev–Trinajstić information content (AvgIpc) is 2.30. The van der Waals surface area contributed by atoms with Crippen molar-refractivity contribution in [2.45, 2.75) is 45.1 Å². The van der Waals surface area contributed by atoms with E-state index in [1.807, 2.05) is 0 Å². The third-order valence-corrected chi connectivity index (χ3v) is 3.32. The zero-order chi connectivity index (χ0) is 9.68. The molecule has 1 heterocycles. The first-order chi connectivity index (χ1) is 6.25. The van der Waals surface area contributed by atoms with E-state index in [0.717, 1.165) is 6.42 Å². The van der Waals surface area contributed by atoms with Gasteiger partial charge in [0.2, 0.25) is 0 Å². The van der Waals surface area contributed by atoms with Gasteiger partial charge in [0.25, 0.3) is 0 Å². The molecule has 1 fully saturated rings. The fourth-order valence-electron chi connectivity index (χ4n) is 2.39. The lowest BCUT2D eigenvalue weighted by molar-refractivity contribution is 0.156. The van der Waals surface area contributed by atoms with Crippen molar-refractivity contribution in [2.24, 2.45) is 5.92 Å². The highest BCUT2D eigenvalue weighted by Gasteiger charge is 2.22. The number of hydrogen-bond acceptors (Lipinski definition) is 2. The third kappa shape index (κ3) is 3.28. The highest BCUT2D eigenvalue weighted by molar-refractivity contribution is 4.77. The van der Waals surface area contributed by atoms with Crippen LogP contribution in [0.2, 0.25) is 0 Å². The molecule has 2 heteroatoms. The Labute approximate surface area is 81.9 Å². The molecule has 0 radical (unpaired) electrons. The Morgan fingerprint density at radius 1 is 1.38 bits per heavy atom. The van der Waals surface area contributed by atoms with Gasteiger partial charge in [-0.1, -0.05) is 19.8 Å². The van der Waals surface area contributed by atoms with Crippen molar-refractivity contribution in [2.75, 3.05) is 20.2 Å². The minimum absolute atomic E-state index is 0.339. The van der Waals surface area contributed by atoms with Crippen LogP contribution in [-0.2, 0) is 0 Å². The molecule has 0 aromatic heterocycles. The summed E-state index contributed by atoms with van der Waals surface area (Å²) in [4.78, 5) is 2.48. The van der Waals surface area contributed by atoms with Gasteiger partial charge < -0.3 is 10.0 Å². The molecule has 2 unspecified atom stereocenters. The molecule has 2 nitrogen and oxygen atoms in total. The van der Waals surface area contributed by atoms with Crippen LogP contribution in [0.25, 0.3) is 0 Å². The van der Waals surface area contributed by atoms with Crippen LogP contribution in [0.3, 0.4) is 0 Å². The van der Waals surface area contributed by atoms with Crippen LogP contribution in [-0.4, -0.2) is 36.2 Å². The summed E-state index contributed by atoms with van der Waals surface area (Å²) in [7, 11) is 2.23. The molecule has 1 saturated heterocycles. The van der Waals surface area contributed by atoms with Gasteiger partial charge in [0.15, 0.2) is 0 Å². The van der Waals surface area contributed by atoms with Crippen molar-refractivity contribution in [3.05, 3.63) is 0 Å². The van der Waals surface area contributed by atoms with Crippen LogP contribution in [0.1, 0.15) is 39.0 Å². The van der Waals surface area contributed by atoms with E-state index in [9.17, 15) is 0 Å². The van der Waals surface area contributed by atoms with E-state index < -0.39 is 0 Å². The summed E-state index contributed by atoms with van der Waals surface area (Å²) < 4.78 is 0. The second-order valence-electron chi connectivity index (χ2n) is 4.39. The van der Waals surface area contributed by atoms with E-state index in [4.69, 9.17) is 5.11 Å². The van der Waals surface area contributed by atoms with Gasteiger partial charge in [0.05, 0.1) is 0 Å². The van der Waals surface area contributed by atoms with Gasteiger partial charge in [-0.3, -0.25) is 0 Å². The Kier molecular flexibility index (Phi) is 4.74. The average molecular weight is 185 g/mol. The predicted molar refractivity (Wildman–Crippen MR) is 55.8 cm³/mol. The van der Waals surface area contributed by atoms with Crippen LogP contribution in [0.15, 0.2) is 0 Å². The summed E-state index contributed by atoms with van der Waals surface area (Å²) >= 11 is 0. The number of aliphatic hydroxyl groups is 1. The van der Waals surface area contributed by atoms with E-state index >= 15 is 0 Å². The van der Waals surface area contributed by atoms with Crippen LogP contribution >= 0.6 is 0 Å². The fraction of sp³-hybridized carbons (Fsp3) is 1.00. The minimum Gasteiger partial charge on any atom is -0.396 e. The Hall–Kier alpha value is -0.0800. The second kappa shape index (κ2) is 5.61. The summed E-state index contributed by atoms with van der Waals surface area (Å²) in [5.41, 5.74) is 0. The number of nitrogens with zero attached hydrogens (tertiary/aromatic N) is 1. The molecule has 1 N–H and O–H groups in total. The molecule has 13 heavy (non-hydrogen) atoms. The maximum Gasteiger partial charge on any atom is 0.0434 e. The van der Waals surface area contributed by atoms with Crippen molar-refractivity contribution in [1.82, 2.24) is 4.90 Å². The maximum absolute atomic E-state index is 8.91. The Balaban J connectivity index is 2.43. The van der Waals surface area contributed by atoms with Gasteiger partial charge in [0, 0.05) is 12.6 Å². The summed E-state index contributed by atoms with van der Waals surface area (Å²) in [5.74, 6) is 0.646. The van der Waals surface area contributed by atoms with Crippen molar-refractivity contribution in [3.8, 4) is 0 Å². The highest BCUT2D eigenvalue weighted by Crippen LogP contribution is 2.22. The lowest BCUT2D eigenvalue weighted by Gasteiger charge is -2.30. The first kappa shape index (κ1) is 11.0. The third-order valence-electron chi connectivity index (χ3n) is 3.32. The maximum atomic E-state index is 8.91. The summed E-state index contributed by atoms with van der Waals surface area (Å²) in [6.45, 7) is 3.84. The van der Waals surface area contributed by atoms with Crippen LogP contribution in [0.4, 0.5) is 0 Å². The Morgan fingerprint density at radius 2 is 2.15 bits per heavy atom. The van der Waals surface area contributed by atoms with Gasteiger partial charge >= 0.3 is 0 Å². The first-order valence-electron chi connectivity index (χ1n) is 5.57. The molecular weight excluding hydrogens is 162 g/mol. The van der Waals surface area contributed by atoms with Gasteiger partial charge in [-0.2, -0.15) is 0 Å². The first-order valence-corrected chi connectivity index (χ1v) is 5.57. The molecule has 0 aromatic carbocycles. The van der Waals surface area contributed by atoms with Gasteiger partial charge in [-0.25, -0.2) is 0 Å². The van der Waals surface area contributed by atoms with Crippen molar-refractivity contribution >= 4 is 0 Å². The zero-order valence-corrected chi connectivity index (χ0v) is 9.00. The number of aliphatic hydroxyl groups excluding tert-OH is 1. The molecule has 1 aliphatic heterocycles. The SMILES string of the molecule is CC(CCO)C1CCCCCN1C. The lowest BCUT2D eigenvalue weighted by Crippen LogP contribution is -2.36. The largest absolute Gasteiger partial charge is 0.396 e. The predicted octanol–water partition coefficient (Wildman–Crippen LogP) is 1.88. The minimum atomic E-state index is 0.339. The fourth-order valence-corrected chi connectivity index (χ4v) is 2.39. The molecule has 1 rings (SSSR count). The monoisotopic (exact) mass is 185 g/mol. The molecule has 0 aliphatic carbocycles. The number of likely N-dealkylation sites (tertiary alicyclic amines) is 1. The molecule has 78 valence electrons. The standard InChI is InChI=1S/C11H23NO/c1-10(7-9-13)11-6-4-3-5-8-12(11)2/h10-11,13H,3-9H2,1-2H3. The van der Waals surface area contributed by atoms with E-state index in [1.165, 1.54) is 32.2 Å². The number of rotatable bonds is 3. The number of hydrogen-bond donors (Lipinski definition) is 1. The Bertz CT molecular complexity index is 138. The normalized spacial score (nSPS) is 28.4. The summed E-state index contributed by atoms with van der Waals surface area (Å²) in [5, 5.41) is 8.91. The summed E-state index contributed by atoms with van der Waals surface area (Å²) in [6.07, 6.45) is 6.36. The van der Waals surface area contributed by atoms with Gasteiger partial charge in [-0.05, 0) is 38.8 Å². The zero-order valence-electron chi connectivity index (χ0n) is 9.00. The molecule has 2 atom stereocenters. The lowest BCUT2D eigenvalue weighted by atomic mass is 9.94. The van der Waals surface area contributed by atoms with Gasteiger partial charge in [0.1, 0.15) is 0 Å². The van der Waals surface area contributed by atoms with Crippen molar-refractivity contribution in [1.29, 1.82) is 0 Å². The second-order valence-corrected chi connectivity index (χ2v) is 4.39. The van der Waals surface area contributed by atoms with E-state index in [2.05, 4.69) is 18.9 Å². The summed E-state index contributed by atoms with van der Waals surface area (Å²) in [6, 6.07) is 0.703. The van der Waals surface area contributed by atoms with Gasteiger partial charge in [-0.15, -0.1) is 0 Å². The van der Waals surface area contributed by atoms with E-state index in [-0.39, 0.29) is 0 Å². The van der Waals surface area contributed by atoms with Crippen LogP contribution < -0.4 is 0 Å². The highest BCUT2D eigenvalue weighted by atomic mass is 16.3. The van der Waals surface area contributed by atoms with E-state index in [0.29, 0.717) is 18.6 Å². The van der Waals surface area contributed by atoms with Crippen LogP contribution in [0, 0.1) is 5.92 Å². The Morgan fingerprint density at radius 3 is 2.85 bits per heavy atom. The molecule has 0 amide bonds. The molecule has 0 aromatic rings. The molecule has 0 saturated carbocycles. The van der Waals surface area contributed by atoms with Crippen LogP contribution in [0.5, 0.6) is 0 Å². The molecule has 0 bridgehead atoms. The van der Waals surface area contributed by atoms with Crippen molar-refractivity contribution in [3.63, 3.8) is 0 Å². The topological polar surface area (TPSA) is 23.5 Å². The quantitative estimate of drug-likeness (QED) is 0.725.